The number of primary amides is 1. The number of nitrogens with one attached hydrogen (secondary N) is 8. The second kappa shape index (κ2) is 47.5. The molecule has 3 aromatic rings. The Morgan fingerprint density at radius 1 is 0.461 bits per heavy atom. The van der Waals surface area contributed by atoms with Gasteiger partial charge >= 0.3 is 41.8 Å². The third-order valence-electron chi connectivity index (χ3n) is 10.6. The van der Waals surface area contributed by atoms with Crippen LogP contribution in [0.3, 0.4) is 0 Å². The summed E-state index contributed by atoms with van der Waals surface area (Å²) in [5, 5.41) is 77.6. The van der Waals surface area contributed by atoms with Gasteiger partial charge in [0.05, 0.1) is 6.42 Å². The molecule has 0 saturated carbocycles. The van der Waals surface area contributed by atoms with E-state index in [-0.39, 0.29) is 53.7 Å². The maximum atomic E-state index is 11.1. The zero-order valence-electron chi connectivity index (χ0n) is 52.0. The summed E-state index contributed by atoms with van der Waals surface area (Å²) < 4.78 is 0. The van der Waals surface area contributed by atoms with Gasteiger partial charge in [-0.05, 0) is 60.8 Å². The Balaban J connectivity index is -0.000000479. The van der Waals surface area contributed by atoms with Crippen molar-refractivity contribution in [3.8, 4) is 0 Å². The molecule has 0 bridgehead atoms. The summed E-state index contributed by atoms with van der Waals surface area (Å²) in [6.07, 6.45) is 4.78. The van der Waals surface area contributed by atoms with Gasteiger partial charge in [0.15, 0.2) is 0 Å². The van der Waals surface area contributed by atoms with Crippen LogP contribution in [-0.2, 0) is 84.8 Å². The van der Waals surface area contributed by atoms with Crippen molar-refractivity contribution in [3.05, 3.63) is 71.9 Å². The number of aliphatic carboxylic acids is 7. The summed E-state index contributed by atoms with van der Waals surface area (Å²) in [5.74, 6) is -9.58. The summed E-state index contributed by atoms with van der Waals surface area (Å²) in [7, 11) is 0. The molecule has 89 heavy (non-hydrogen) atoms. The largest absolute Gasteiger partial charge is 0.480 e. The molecule has 7 atom stereocenters. The van der Waals surface area contributed by atoms with Crippen molar-refractivity contribution < 1.29 is 108 Å². The van der Waals surface area contributed by atoms with Crippen LogP contribution in [0.5, 0.6) is 0 Å². The third kappa shape index (κ3) is 47.2. The van der Waals surface area contributed by atoms with Crippen LogP contribution in [0.1, 0.15) is 113 Å². The number of H-pyrrole nitrogens is 1. The highest BCUT2D eigenvalue weighted by molar-refractivity contribution is 7.98. The highest BCUT2D eigenvalue weighted by Crippen LogP contribution is 2.19. The van der Waals surface area contributed by atoms with Crippen LogP contribution in [0, 0.1) is 11.8 Å². The van der Waals surface area contributed by atoms with Crippen LogP contribution in [0.15, 0.2) is 60.8 Å². The number of benzene rings is 2. The average Bonchev–Trinajstić information content (AvgIpc) is 3.50. The number of fused-ring (bicyclic) bond motifs is 1. The molecule has 31 nitrogen and oxygen atoms in total. The van der Waals surface area contributed by atoms with Gasteiger partial charge in [-0.15, -0.1) is 0 Å². The van der Waals surface area contributed by atoms with E-state index in [2.05, 4.69) is 42.2 Å². The van der Waals surface area contributed by atoms with Crippen molar-refractivity contribution in [3.63, 3.8) is 0 Å². The molecular formula is C57H87N9O22S. The number of aromatic amines is 1. The number of carbonyl (C=O) groups excluding carboxylic acids is 8. The highest BCUT2D eigenvalue weighted by Gasteiger charge is 2.24. The van der Waals surface area contributed by atoms with Crippen LogP contribution in [0.2, 0.25) is 0 Å². The minimum atomic E-state index is -1.27. The smallest absolute Gasteiger partial charge is 0.326 e. The summed E-state index contributed by atoms with van der Waals surface area (Å²) in [4.78, 5) is 161. The molecule has 8 amide bonds. The van der Waals surface area contributed by atoms with Gasteiger partial charge in [0.25, 0.3) is 0 Å². The Hall–Kier alpha value is -9.62. The molecule has 0 aliphatic carbocycles. The molecule has 498 valence electrons. The second-order valence-electron chi connectivity index (χ2n) is 19.8. The minimum Gasteiger partial charge on any atom is -0.480 e. The summed E-state index contributed by atoms with van der Waals surface area (Å²) in [6.45, 7) is 17.7. The maximum absolute atomic E-state index is 11.1. The molecule has 0 aliphatic rings. The van der Waals surface area contributed by atoms with Gasteiger partial charge < -0.3 is 83.7 Å². The molecule has 0 saturated heterocycles. The topological polar surface area (TPSA) is 524 Å². The predicted octanol–water partition coefficient (Wildman–Crippen LogP) is 1.35. The van der Waals surface area contributed by atoms with Gasteiger partial charge in [0.1, 0.15) is 42.3 Å². The predicted molar refractivity (Wildman–Crippen MR) is 326 cm³/mol. The Labute approximate surface area is 518 Å². The monoisotopic (exact) mass is 1280 g/mol. The number of rotatable bonds is 26. The number of carbonyl (C=O) groups is 15. The maximum Gasteiger partial charge on any atom is 0.326 e. The number of carboxylic acid groups (broad SMARTS) is 7. The fraction of sp³-hybridized carbons (Fsp3) is 0.491. The summed E-state index contributed by atoms with van der Waals surface area (Å²) in [5.41, 5.74) is 7.48. The second-order valence-corrected chi connectivity index (χ2v) is 20.8. The molecule has 3 rings (SSSR count). The van der Waals surface area contributed by atoms with E-state index in [1.807, 2.05) is 74.7 Å². The number of para-hydroxylation sites is 1. The van der Waals surface area contributed by atoms with Crippen molar-refractivity contribution in [2.75, 3.05) is 12.0 Å². The number of hydrogen-bond donors (Lipinski definition) is 16. The van der Waals surface area contributed by atoms with Crippen molar-refractivity contribution in [1.29, 1.82) is 0 Å². The van der Waals surface area contributed by atoms with Gasteiger partial charge in [0, 0.05) is 78.4 Å². The summed E-state index contributed by atoms with van der Waals surface area (Å²) in [6, 6.07) is 10.8. The number of hydrogen-bond acceptors (Lipinski definition) is 16. The number of nitrogens with two attached hydrogens (primary N) is 1. The van der Waals surface area contributed by atoms with Crippen LogP contribution in [0.25, 0.3) is 10.9 Å². The van der Waals surface area contributed by atoms with Crippen LogP contribution < -0.4 is 43.0 Å². The van der Waals surface area contributed by atoms with Crippen LogP contribution >= 0.6 is 11.8 Å². The molecule has 2 aromatic carbocycles. The van der Waals surface area contributed by atoms with Gasteiger partial charge in [-0.3, -0.25) is 43.2 Å². The van der Waals surface area contributed by atoms with Gasteiger partial charge in [-0.2, -0.15) is 11.8 Å². The number of thioether (sulfide) groups is 1. The summed E-state index contributed by atoms with van der Waals surface area (Å²) >= 11 is 1.56. The quantitative estimate of drug-likeness (QED) is 0.0539. The Morgan fingerprint density at radius 2 is 0.843 bits per heavy atom. The van der Waals surface area contributed by atoms with E-state index in [1.165, 1.54) is 48.5 Å². The fourth-order valence-electron chi connectivity index (χ4n) is 6.68. The fourth-order valence-corrected chi connectivity index (χ4v) is 7.15. The van der Waals surface area contributed by atoms with E-state index < -0.39 is 102 Å². The lowest BCUT2D eigenvalue weighted by atomic mass is 10.0. The highest BCUT2D eigenvalue weighted by atomic mass is 32.2. The first-order valence-electron chi connectivity index (χ1n) is 26.9. The Kier molecular flexibility index (Phi) is 45.8. The van der Waals surface area contributed by atoms with E-state index >= 15 is 0 Å². The molecule has 1 heterocycles. The lowest BCUT2D eigenvalue weighted by molar-refractivity contribution is -0.143. The van der Waals surface area contributed by atoms with Crippen molar-refractivity contribution in [1.82, 2.24) is 42.2 Å². The van der Waals surface area contributed by atoms with E-state index in [0.717, 1.165) is 34.7 Å². The zero-order chi connectivity index (χ0) is 69.8. The molecule has 0 aliphatic heterocycles. The van der Waals surface area contributed by atoms with Crippen molar-refractivity contribution >= 4 is 112 Å². The minimum absolute atomic E-state index is 0.0867. The van der Waals surface area contributed by atoms with Crippen LogP contribution in [0.4, 0.5) is 0 Å². The van der Waals surface area contributed by atoms with Crippen LogP contribution in [-0.4, -0.2) is 184 Å². The standard InChI is InChI=1S/C13H14N2O3.C11H13NO3.C8H15NO3.C7H13NO3S.C7H13NO3.C6H10N2O4.C5H9NO3/c1-8(16)15-12(13(17)18)6-9-7-14-11-5-3-2-4-10(9)11;1-8(13)12-10(11(14)15)7-9-5-3-2-4-6-9;1-5(2)4-7(8(11)12)9-6(3)10;1-5(9)8-6(7(10)11)3-4-12-2;1-4(2)6(7(10)11)8-5(3)9;1-3(9)8-4(6(11)12)2-5(7)10;1-3(5(8)9)6-4(2)7/h2-5,7,12,14H,6H2,1H3,(H,15,16)(H,17,18);2-6,10H,7H2,1H3,(H,12,13)(H,14,15);5,7H,4H2,1-3H3,(H,9,10)(H,11,12);6H,3-4H2,1-2H3,(H,8,9)(H,10,11);4,6H,1-3H3,(H,8,9)(H,10,11);4H,2H2,1H3,(H2,7,10)(H,8,9)(H,11,12);3H,1-2H3,(H,6,7)(H,8,9). The van der Waals surface area contributed by atoms with E-state index in [9.17, 15) is 71.9 Å². The molecule has 0 spiro atoms. The first-order valence-corrected chi connectivity index (χ1v) is 28.3. The molecule has 17 N–H and O–H groups in total. The lowest BCUT2D eigenvalue weighted by Crippen LogP contribution is -2.43. The molecule has 7 unspecified atom stereocenters. The van der Waals surface area contributed by atoms with Gasteiger partial charge in [-0.25, -0.2) is 28.8 Å². The Morgan fingerprint density at radius 3 is 1.18 bits per heavy atom. The van der Waals surface area contributed by atoms with Gasteiger partial charge in [0.2, 0.25) is 47.3 Å². The lowest BCUT2D eigenvalue weighted by Gasteiger charge is -2.16. The Bertz CT molecular complexity index is 2780. The molecule has 32 heteroatoms. The third-order valence-corrected chi connectivity index (χ3v) is 11.2. The normalized spacial score (nSPS) is 12.2. The SMILES string of the molecule is CC(=O)NC(C(=O)O)C(C)C.CC(=O)NC(C)C(=O)O.CC(=O)NC(CC(C)C)C(=O)O.CC(=O)NC(CC(N)=O)C(=O)O.CC(=O)NC(Cc1c[nH]c2ccccc12)C(=O)O.CC(=O)NC(Cc1ccccc1)C(=O)O.CSCCC(NC(C)=O)C(=O)O. The molecule has 1 aromatic heterocycles. The number of aromatic nitrogens is 1. The van der Waals surface area contributed by atoms with E-state index in [1.54, 1.807) is 31.8 Å². The number of amides is 8. The molecular weight excluding hydrogens is 1190 g/mol. The van der Waals surface area contributed by atoms with Gasteiger partial charge in [-0.1, -0.05) is 76.2 Å². The average molecular weight is 1280 g/mol. The first kappa shape index (κ1) is 85.8. The molecule has 0 radical (unpaired) electrons. The van der Waals surface area contributed by atoms with E-state index in [4.69, 9.17) is 41.5 Å². The van der Waals surface area contributed by atoms with Crippen molar-refractivity contribution in [2.24, 2.45) is 17.6 Å². The van der Waals surface area contributed by atoms with Crippen molar-refractivity contribution in [2.45, 2.75) is 157 Å². The van der Waals surface area contributed by atoms with E-state index in [0.29, 0.717) is 19.3 Å². The number of carboxylic acids is 7. The first-order chi connectivity index (χ1) is 41.1. The molecule has 0 fully saturated rings. The zero-order valence-corrected chi connectivity index (χ0v) is 52.8.